The van der Waals surface area contributed by atoms with Gasteiger partial charge in [0.15, 0.2) is 0 Å². The van der Waals surface area contributed by atoms with Gasteiger partial charge >= 0.3 is 11.9 Å². The molecule has 7 heteroatoms. The highest BCUT2D eigenvalue weighted by atomic mass is 19.1. The van der Waals surface area contributed by atoms with Crippen LogP contribution in [0.2, 0.25) is 0 Å². The van der Waals surface area contributed by atoms with Crippen molar-refractivity contribution in [1.29, 1.82) is 0 Å². The van der Waals surface area contributed by atoms with Crippen LogP contribution in [0, 0.1) is 5.82 Å². The van der Waals surface area contributed by atoms with Crippen molar-refractivity contribution in [3.05, 3.63) is 65.0 Å². The van der Waals surface area contributed by atoms with E-state index >= 15 is 0 Å². The van der Waals surface area contributed by atoms with E-state index in [1.165, 1.54) is 12.1 Å². The molecule has 2 rings (SSSR count). The molecule has 1 amide bonds. The number of hydrogen-bond acceptors (Lipinski definition) is 3. The number of carboxylic acids is 2. The first-order valence-corrected chi connectivity index (χ1v) is 6.05. The highest BCUT2D eigenvalue weighted by molar-refractivity contribution is 6.05. The molecular formula is C15H10FNO5. The normalized spacial score (nSPS) is 10.0. The van der Waals surface area contributed by atoms with Crippen molar-refractivity contribution in [3.63, 3.8) is 0 Å². The van der Waals surface area contributed by atoms with E-state index in [9.17, 15) is 18.8 Å². The van der Waals surface area contributed by atoms with Crippen molar-refractivity contribution >= 4 is 23.5 Å². The minimum Gasteiger partial charge on any atom is -0.478 e. The van der Waals surface area contributed by atoms with Crippen LogP contribution in [0.3, 0.4) is 0 Å². The average Bonchev–Trinajstić information content (AvgIpc) is 2.47. The Morgan fingerprint density at radius 2 is 1.32 bits per heavy atom. The molecule has 0 unspecified atom stereocenters. The third-order valence-electron chi connectivity index (χ3n) is 2.79. The van der Waals surface area contributed by atoms with Gasteiger partial charge in [-0.1, -0.05) is 0 Å². The highest BCUT2D eigenvalue weighted by Gasteiger charge is 2.13. The van der Waals surface area contributed by atoms with Gasteiger partial charge in [-0.2, -0.15) is 0 Å². The lowest BCUT2D eigenvalue weighted by atomic mass is 10.1. The van der Waals surface area contributed by atoms with Crippen molar-refractivity contribution in [2.75, 3.05) is 5.32 Å². The number of hydrogen-bond donors (Lipinski definition) is 3. The van der Waals surface area contributed by atoms with Crippen LogP contribution in [0.5, 0.6) is 0 Å². The second kappa shape index (κ2) is 6.04. The molecule has 0 spiro atoms. The Morgan fingerprint density at radius 3 is 1.77 bits per heavy atom. The molecule has 0 aliphatic carbocycles. The van der Waals surface area contributed by atoms with E-state index in [0.29, 0.717) is 0 Å². The lowest BCUT2D eigenvalue weighted by Crippen LogP contribution is -2.13. The van der Waals surface area contributed by atoms with Gasteiger partial charge in [-0.3, -0.25) is 4.79 Å². The molecule has 0 bridgehead atoms. The molecule has 2 aromatic rings. The Hall–Kier alpha value is -3.22. The van der Waals surface area contributed by atoms with Crippen LogP contribution in [0.1, 0.15) is 31.1 Å². The van der Waals surface area contributed by atoms with E-state index in [1.54, 1.807) is 0 Å². The summed E-state index contributed by atoms with van der Waals surface area (Å²) in [7, 11) is 0. The summed E-state index contributed by atoms with van der Waals surface area (Å²) in [6, 6.07) is 7.97. The number of carboxylic acid groups (broad SMARTS) is 2. The Balaban J connectivity index is 2.32. The first-order valence-electron chi connectivity index (χ1n) is 6.05. The number of benzene rings is 2. The standard InChI is InChI=1S/C15H10FNO5/c16-11-3-1-8(2-4-11)13(18)17-12-6-9(14(19)20)5-10(7-12)15(21)22/h1-7H,(H,17,18)(H,19,20)(H,21,22). The summed E-state index contributed by atoms with van der Waals surface area (Å²) in [5.74, 6) is -3.75. The summed E-state index contributed by atoms with van der Waals surface area (Å²) in [4.78, 5) is 33.9. The fourth-order valence-corrected chi connectivity index (χ4v) is 1.75. The van der Waals surface area contributed by atoms with Crippen LogP contribution < -0.4 is 5.32 Å². The van der Waals surface area contributed by atoms with Gasteiger partial charge in [0.25, 0.3) is 5.91 Å². The van der Waals surface area contributed by atoms with Crippen LogP contribution in [-0.2, 0) is 0 Å². The molecule has 3 N–H and O–H groups in total. The first kappa shape index (κ1) is 15.2. The smallest absolute Gasteiger partial charge is 0.335 e. The molecule has 0 aliphatic rings. The molecule has 0 saturated carbocycles. The second-order valence-corrected chi connectivity index (χ2v) is 4.37. The van der Waals surface area contributed by atoms with Crippen molar-refractivity contribution in [2.45, 2.75) is 0 Å². The summed E-state index contributed by atoms with van der Waals surface area (Å²) < 4.78 is 12.8. The lowest BCUT2D eigenvalue weighted by Gasteiger charge is -2.08. The Morgan fingerprint density at radius 1 is 0.818 bits per heavy atom. The zero-order chi connectivity index (χ0) is 16.3. The number of anilines is 1. The van der Waals surface area contributed by atoms with Crippen LogP contribution in [-0.4, -0.2) is 28.1 Å². The summed E-state index contributed by atoms with van der Waals surface area (Å²) in [5.41, 5.74) is -0.366. The van der Waals surface area contributed by atoms with E-state index in [2.05, 4.69) is 5.32 Å². The quantitative estimate of drug-likeness (QED) is 0.805. The average molecular weight is 303 g/mol. The largest absolute Gasteiger partial charge is 0.478 e. The number of carbonyl (C=O) groups excluding carboxylic acids is 1. The number of rotatable bonds is 4. The molecule has 112 valence electrons. The number of carbonyl (C=O) groups is 3. The van der Waals surface area contributed by atoms with Crippen LogP contribution in [0.4, 0.5) is 10.1 Å². The minimum absolute atomic E-state index is 0.0200. The zero-order valence-corrected chi connectivity index (χ0v) is 11.0. The van der Waals surface area contributed by atoms with Gasteiger partial charge in [0.05, 0.1) is 11.1 Å². The van der Waals surface area contributed by atoms with Gasteiger partial charge in [-0.05, 0) is 42.5 Å². The van der Waals surface area contributed by atoms with Gasteiger partial charge < -0.3 is 15.5 Å². The van der Waals surface area contributed by atoms with Gasteiger partial charge in [0.1, 0.15) is 5.82 Å². The van der Waals surface area contributed by atoms with E-state index in [0.717, 1.165) is 30.3 Å². The van der Waals surface area contributed by atoms with E-state index in [4.69, 9.17) is 10.2 Å². The summed E-state index contributed by atoms with van der Waals surface area (Å²) in [5, 5.41) is 20.3. The molecule has 22 heavy (non-hydrogen) atoms. The predicted molar refractivity (Wildman–Crippen MR) is 74.7 cm³/mol. The van der Waals surface area contributed by atoms with Crippen LogP contribution in [0.25, 0.3) is 0 Å². The van der Waals surface area contributed by atoms with Crippen molar-refractivity contribution < 1.29 is 29.0 Å². The molecule has 0 heterocycles. The van der Waals surface area contributed by atoms with Gasteiger partial charge in [0, 0.05) is 11.3 Å². The third kappa shape index (κ3) is 3.45. The predicted octanol–water partition coefficient (Wildman–Crippen LogP) is 2.47. The maximum atomic E-state index is 12.8. The molecule has 6 nitrogen and oxygen atoms in total. The monoisotopic (exact) mass is 303 g/mol. The lowest BCUT2D eigenvalue weighted by molar-refractivity contribution is 0.0696. The van der Waals surface area contributed by atoms with Crippen LogP contribution >= 0.6 is 0 Å². The van der Waals surface area contributed by atoms with E-state index in [-0.39, 0.29) is 22.4 Å². The molecule has 0 saturated heterocycles. The minimum atomic E-state index is -1.32. The molecular weight excluding hydrogens is 293 g/mol. The second-order valence-electron chi connectivity index (χ2n) is 4.37. The molecule has 0 radical (unpaired) electrons. The SMILES string of the molecule is O=C(O)c1cc(NC(=O)c2ccc(F)cc2)cc(C(=O)O)c1. The van der Waals surface area contributed by atoms with Crippen molar-refractivity contribution in [3.8, 4) is 0 Å². The molecule has 0 atom stereocenters. The van der Waals surface area contributed by atoms with Crippen molar-refractivity contribution in [1.82, 2.24) is 0 Å². The number of nitrogens with one attached hydrogen (secondary N) is 1. The maximum Gasteiger partial charge on any atom is 0.335 e. The Bertz CT molecular complexity index is 723. The summed E-state index contributed by atoms with van der Waals surface area (Å²) in [6.07, 6.45) is 0. The number of amides is 1. The fourth-order valence-electron chi connectivity index (χ4n) is 1.75. The molecule has 0 aliphatic heterocycles. The van der Waals surface area contributed by atoms with Crippen LogP contribution in [0.15, 0.2) is 42.5 Å². The molecule has 2 aromatic carbocycles. The first-order chi connectivity index (χ1) is 10.4. The van der Waals surface area contributed by atoms with Crippen molar-refractivity contribution in [2.24, 2.45) is 0 Å². The van der Waals surface area contributed by atoms with E-state index < -0.39 is 23.7 Å². The summed E-state index contributed by atoms with van der Waals surface area (Å²) in [6.45, 7) is 0. The summed E-state index contributed by atoms with van der Waals surface area (Å²) >= 11 is 0. The molecule has 0 fully saturated rings. The Labute approximate surface area is 123 Å². The fraction of sp³-hybridized carbons (Fsp3) is 0. The van der Waals surface area contributed by atoms with Gasteiger partial charge in [-0.15, -0.1) is 0 Å². The Kier molecular flexibility index (Phi) is 4.17. The third-order valence-corrected chi connectivity index (χ3v) is 2.79. The maximum absolute atomic E-state index is 12.8. The number of halogens is 1. The van der Waals surface area contributed by atoms with Gasteiger partial charge in [-0.25, -0.2) is 14.0 Å². The number of aromatic carboxylic acids is 2. The van der Waals surface area contributed by atoms with E-state index in [1.807, 2.05) is 0 Å². The van der Waals surface area contributed by atoms with Gasteiger partial charge in [0.2, 0.25) is 0 Å². The topological polar surface area (TPSA) is 104 Å². The highest BCUT2D eigenvalue weighted by Crippen LogP contribution is 2.17. The molecule has 0 aromatic heterocycles. The zero-order valence-electron chi connectivity index (χ0n) is 11.0.